The van der Waals surface area contributed by atoms with Gasteiger partial charge in [0, 0.05) is 18.7 Å². The van der Waals surface area contributed by atoms with Crippen LogP contribution in [0.15, 0.2) is 42.0 Å². The maximum absolute atomic E-state index is 13.3. The lowest BCUT2D eigenvalue weighted by atomic mass is 9.93. The van der Waals surface area contributed by atoms with E-state index in [0.717, 1.165) is 11.1 Å². The smallest absolute Gasteiger partial charge is 0.295 e. The van der Waals surface area contributed by atoms with E-state index in [4.69, 9.17) is 14.2 Å². The Balaban J connectivity index is 2.14. The maximum Gasteiger partial charge on any atom is 0.295 e. The Morgan fingerprint density at radius 3 is 2.49 bits per heavy atom. The third kappa shape index (κ3) is 5.68. The molecule has 1 N–H and O–H groups in total. The van der Waals surface area contributed by atoms with Crippen LogP contribution < -0.4 is 9.47 Å². The van der Waals surface area contributed by atoms with Crippen LogP contribution in [0.1, 0.15) is 55.5 Å². The number of ketones is 1. The van der Waals surface area contributed by atoms with Crippen molar-refractivity contribution in [2.75, 3.05) is 26.9 Å². The van der Waals surface area contributed by atoms with Gasteiger partial charge in [-0.15, -0.1) is 0 Å². The number of aliphatic hydroxyl groups excluding tert-OH is 1. The molecule has 1 aliphatic heterocycles. The van der Waals surface area contributed by atoms with Gasteiger partial charge in [0.15, 0.2) is 11.5 Å². The van der Waals surface area contributed by atoms with Crippen LogP contribution in [0.4, 0.5) is 0 Å². The van der Waals surface area contributed by atoms with Gasteiger partial charge in [-0.25, -0.2) is 0 Å². The van der Waals surface area contributed by atoms with Crippen LogP contribution in [0.3, 0.4) is 0 Å². The Hall–Kier alpha value is -3.32. The molecule has 0 aromatic heterocycles. The van der Waals surface area contributed by atoms with Gasteiger partial charge in [0.2, 0.25) is 0 Å². The fraction of sp³-hybridized carbons (Fsp3) is 0.429. The average Bonchev–Trinajstić information content (AvgIpc) is 3.08. The van der Waals surface area contributed by atoms with Crippen LogP contribution in [-0.2, 0) is 14.3 Å². The molecule has 2 aromatic carbocycles. The summed E-state index contributed by atoms with van der Waals surface area (Å²) in [6.45, 7) is 10.7. The highest BCUT2D eigenvalue weighted by Crippen LogP contribution is 2.42. The largest absolute Gasteiger partial charge is 0.507 e. The summed E-state index contributed by atoms with van der Waals surface area (Å²) in [6, 6.07) is 10.2. The van der Waals surface area contributed by atoms with E-state index in [-0.39, 0.29) is 17.4 Å². The standard InChI is InChI=1S/C28H35NO6/c1-7-34-23-16-20(11-12-22(23)33-6)25-24(26(30)21-15-18(4)9-10-19(21)5)27(31)28(32)29(25)13-8-14-35-17(2)3/h9-12,15-17,25,30H,7-8,13-14H2,1-6H3/b26-24+. The molecule has 1 saturated heterocycles. The number of likely N-dealkylation sites (tertiary alicyclic amines) is 1. The molecule has 0 spiro atoms. The van der Waals surface area contributed by atoms with Gasteiger partial charge >= 0.3 is 0 Å². The number of hydrogen-bond donors (Lipinski definition) is 1. The molecular weight excluding hydrogens is 446 g/mol. The molecule has 0 saturated carbocycles. The second kappa shape index (κ2) is 11.4. The molecule has 0 radical (unpaired) electrons. The minimum atomic E-state index is -0.765. The normalized spacial score (nSPS) is 17.3. The van der Waals surface area contributed by atoms with Gasteiger partial charge in [-0.1, -0.05) is 23.8 Å². The van der Waals surface area contributed by atoms with E-state index in [1.54, 1.807) is 25.3 Å². The molecule has 1 atom stereocenters. The van der Waals surface area contributed by atoms with Crippen LogP contribution >= 0.6 is 0 Å². The number of benzene rings is 2. The van der Waals surface area contributed by atoms with E-state index in [9.17, 15) is 14.7 Å². The van der Waals surface area contributed by atoms with Gasteiger partial charge in [0.05, 0.1) is 31.4 Å². The molecule has 1 aliphatic rings. The van der Waals surface area contributed by atoms with Crippen LogP contribution in [0, 0.1) is 13.8 Å². The summed E-state index contributed by atoms with van der Waals surface area (Å²) in [5, 5.41) is 11.4. The molecule has 3 rings (SSSR count). The van der Waals surface area contributed by atoms with Crippen LogP contribution in [0.5, 0.6) is 11.5 Å². The molecule has 35 heavy (non-hydrogen) atoms. The van der Waals surface area contributed by atoms with Crippen molar-refractivity contribution in [3.63, 3.8) is 0 Å². The molecule has 7 heteroatoms. The van der Waals surface area contributed by atoms with Crippen molar-refractivity contribution in [1.29, 1.82) is 0 Å². The number of Topliss-reactive ketones (excluding diaryl/α,β-unsaturated/α-hetero) is 1. The molecule has 0 aliphatic carbocycles. The maximum atomic E-state index is 13.3. The van der Waals surface area contributed by atoms with E-state index >= 15 is 0 Å². The Labute approximate surface area is 207 Å². The third-order valence-electron chi connectivity index (χ3n) is 5.99. The fourth-order valence-electron chi connectivity index (χ4n) is 4.28. The van der Waals surface area contributed by atoms with Crippen molar-refractivity contribution in [3.05, 3.63) is 64.2 Å². The lowest BCUT2D eigenvalue weighted by molar-refractivity contribution is -0.140. The number of aliphatic hydroxyl groups is 1. The summed E-state index contributed by atoms with van der Waals surface area (Å²) in [6.07, 6.45) is 0.625. The fourth-order valence-corrected chi connectivity index (χ4v) is 4.28. The van der Waals surface area contributed by atoms with E-state index < -0.39 is 17.7 Å². The van der Waals surface area contributed by atoms with E-state index in [0.29, 0.717) is 48.8 Å². The van der Waals surface area contributed by atoms with Crippen LogP contribution in [0.25, 0.3) is 5.76 Å². The second-order valence-corrected chi connectivity index (χ2v) is 8.93. The zero-order valence-electron chi connectivity index (χ0n) is 21.4. The molecule has 1 amide bonds. The van der Waals surface area contributed by atoms with E-state index in [1.165, 1.54) is 4.90 Å². The number of carbonyl (C=O) groups is 2. The van der Waals surface area contributed by atoms with Crippen molar-refractivity contribution in [3.8, 4) is 11.5 Å². The predicted octanol–water partition coefficient (Wildman–Crippen LogP) is 4.95. The van der Waals surface area contributed by atoms with E-state index in [2.05, 4.69) is 0 Å². The zero-order valence-corrected chi connectivity index (χ0v) is 21.4. The minimum Gasteiger partial charge on any atom is -0.507 e. The minimum absolute atomic E-state index is 0.0702. The summed E-state index contributed by atoms with van der Waals surface area (Å²) in [5.41, 5.74) is 3.02. The van der Waals surface area contributed by atoms with Gasteiger partial charge in [0.1, 0.15) is 5.76 Å². The Bertz CT molecular complexity index is 1120. The van der Waals surface area contributed by atoms with Crippen molar-refractivity contribution in [2.45, 2.75) is 53.2 Å². The molecule has 1 heterocycles. The number of carbonyl (C=O) groups excluding carboxylic acids is 2. The molecule has 188 valence electrons. The molecule has 0 bridgehead atoms. The predicted molar refractivity (Wildman–Crippen MR) is 135 cm³/mol. The molecule has 2 aromatic rings. The highest BCUT2D eigenvalue weighted by molar-refractivity contribution is 6.46. The molecule has 1 fully saturated rings. The Kier molecular flexibility index (Phi) is 8.57. The highest BCUT2D eigenvalue weighted by atomic mass is 16.5. The lowest BCUT2D eigenvalue weighted by Crippen LogP contribution is -2.31. The first kappa shape index (κ1) is 26.3. The first-order valence-corrected chi connectivity index (χ1v) is 12.0. The number of nitrogens with zero attached hydrogens (tertiary/aromatic N) is 1. The summed E-state index contributed by atoms with van der Waals surface area (Å²) in [7, 11) is 1.55. The van der Waals surface area contributed by atoms with E-state index in [1.807, 2.05) is 52.8 Å². The van der Waals surface area contributed by atoms with Crippen LogP contribution in [-0.4, -0.2) is 54.7 Å². The number of aryl methyl sites for hydroxylation is 2. The third-order valence-corrected chi connectivity index (χ3v) is 5.99. The second-order valence-electron chi connectivity index (χ2n) is 8.93. The summed E-state index contributed by atoms with van der Waals surface area (Å²) in [4.78, 5) is 28.0. The molecule has 7 nitrogen and oxygen atoms in total. The summed E-state index contributed by atoms with van der Waals surface area (Å²) in [5.74, 6) is -0.461. The summed E-state index contributed by atoms with van der Waals surface area (Å²) < 4.78 is 16.8. The SMILES string of the molecule is CCOc1cc(C2/C(=C(\O)c3cc(C)ccc3C)C(=O)C(=O)N2CCCOC(C)C)ccc1OC. The topological polar surface area (TPSA) is 85.3 Å². The number of hydrogen-bond acceptors (Lipinski definition) is 6. The molecule has 1 unspecified atom stereocenters. The number of rotatable bonds is 10. The van der Waals surface area contributed by atoms with Gasteiger partial charge in [-0.2, -0.15) is 0 Å². The highest BCUT2D eigenvalue weighted by Gasteiger charge is 2.46. The Morgan fingerprint density at radius 2 is 1.83 bits per heavy atom. The lowest BCUT2D eigenvalue weighted by Gasteiger charge is -2.26. The Morgan fingerprint density at radius 1 is 1.09 bits per heavy atom. The first-order chi connectivity index (χ1) is 16.7. The summed E-state index contributed by atoms with van der Waals surface area (Å²) >= 11 is 0. The van der Waals surface area contributed by atoms with Crippen molar-refractivity contribution in [1.82, 2.24) is 4.90 Å². The number of amides is 1. The van der Waals surface area contributed by atoms with Gasteiger partial charge in [-0.05, 0) is 70.4 Å². The molecular formula is C28H35NO6. The van der Waals surface area contributed by atoms with Crippen LogP contribution in [0.2, 0.25) is 0 Å². The number of ether oxygens (including phenoxy) is 3. The zero-order chi connectivity index (χ0) is 25.7. The average molecular weight is 482 g/mol. The first-order valence-electron chi connectivity index (χ1n) is 12.0. The van der Waals surface area contributed by atoms with Crippen molar-refractivity contribution >= 4 is 17.4 Å². The van der Waals surface area contributed by atoms with Gasteiger partial charge in [0.25, 0.3) is 11.7 Å². The number of methoxy groups -OCH3 is 1. The van der Waals surface area contributed by atoms with Gasteiger partial charge in [-0.3, -0.25) is 9.59 Å². The van der Waals surface area contributed by atoms with Gasteiger partial charge < -0.3 is 24.2 Å². The quantitative estimate of drug-likeness (QED) is 0.224. The van der Waals surface area contributed by atoms with Crippen molar-refractivity contribution in [2.24, 2.45) is 0 Å². The monoisotopic (exact) mass is 481 g/mol. The van der Waals surface area contributed by atoms with Crippen molar-refractivity contribution < 1.29 is 28.9 Å².